The van der Waals surface area contributed by atoms with Crippen LogP contribution in [0.15, 0.2) is 0 Å². The Bertz CT molecular complexity index is 207. The van der Waals surface area contributed by atoms with E-state index in [-0.39, 0.29) is 24.4 Å². The molecule has 0 amide bonds. The lowest BCUT2D eigenvalue weighted by Crippen LogP contribution is -2.09. The summed E-state index contributed by atoms with van der Waals surface area (Å²) >= 11 is 0. The average molecular weight is 318 g/mol. The van der Waals surface area contributed by atoms with E-state index in [4.69, 9.17) is 10.2 Å². The molecule has 0 spiro atoms. The molecule has 0 aliphatic rings. The quantitative estimate of drug-likeness (QED) is 0.350. The monoisotopic (exact) mass is 318 g/mol. The van der Waals surface area contributed by atoms with Crippen LogP contribution < -0.4 is 0 Å². The Morgan fingerprint density at radius 1 is 0.455 bits per heavy atom. The normalized spacial score (nSPS) is 17.2. The van der Waals surface area contributed by atoms with Crippen LogP contribution in [-0.4, -0.2) is 44.8 Å². The van der Waals surface area contributed by atoms with Gasteiger partial charge >= 0.3 is 0 Å². The molecule has 0 fully saturated rings. The maximum absolute atomic E-state index is 9.86. The fraction of sp³-hybridized carbons (Fsp3) is 1.00. The second-order valence-electron chi connectivity index (χ2n) is 6.86. The molecule has 0 heterocycles. The third kappa shape index (κ3) is 16.2. The zero-order chi connectivity index (χ0) is 16.8. The number of aliphatic hydroxyl groups is 4. The molecule has 0 aromatic heterocycles. The second-order valence-corrected chi connectivity index (χ2v) is 6.86. The number of hydrogen-bond donors (Lipinski definition) is 4. The van der Waals surface area contributed by atoms with Crippen molar-refractivity contribution >= 4 is 0 Å². The van der Waals surface area contributed by atoms with Crippen molar-refractivity contribution in [3.8, 4) is 0 Å². The Morgan fingerprint density at radius 3 is 0.909 bits per heavy atom. The third-order valence-electron chi connectivity index (χ3n) is 4.14. The first-order valence-electron chi connectivity index (χ1n) is 9.14. The highest BCUT2D eigenvalue weighted by Crippen LogP contribution is 2.14. The zero-order valence-corrected chi connectivity index (χ0v) is 14.6. The van der Waals surface area contributed by atoms with Gasteiger partial charge < -0.3 is 20.4 Å². The summed E-state index contributed by atoms with van der Waals surface area (Å²) in [5, 5.41) is 38.0. The van der Waals surface area contributed by atoms with Crippen molar-refractivity contribution in [1.82, 2.24) is 0 Å². The Hall–Kier alpha value is -0.160. The van der Waals surface area contributed by atoms with Gasteiger partial charge in [0.05, 0.1) is 24.4 Å². The van der Waals surface area contributed by atoms with Gasteiger partial charge in [0.1, 0.15) is 0 Å². The molecule has 0 aliphatic carbocycles. The van der Waals surface area contributed by atoms with Gasteiger partial charge in [0, 0.05) is 0 Å². The largest absolute Gasteiger partial charge is 0.393 e. The highest BCUT2D eigenvalue weighted by atomic mass is 16.3. The number of rotatable bonds is 15. The molecule has 22 heavy (non-hydrogen) atoms. The van der Waals surface area contributed by atoms with Crippen molar-refractivity contribution in [2.24, 2.45) is 0 Å². The Labute approximate surface area is 136 Å². The molecule has 4 nitrogen and oxygen atoms in total. The summed E-state index contributed by atoms with van der Waals surface area (Å²) in [6.45, 7) is 3.60. The summed E-state index contributed by atoms with van der Waals surface area (Å²) in [6.07, 6.45) is 9.73. The first kappa shape index (κ1) is 21.8. The minimum absolute atomic E-state index is 0.237. The van der Waals surface area contributed by atoms with Crippen molar-refractivity contribution in [2.45, 2.75) is 115 Å². The van der Waals surface area contributed by atoms with Crippen molar-refractivity contribution in [1.29, 1.82) is 0 Å². The molecule has 0 aromatic carbocycles. The van der Waals surface area contributed by atoms with Crippen LogP contribution in [0.3, 0.4) is 0 Å². The first-order chi connectivity index (χ1) is 10.4. The Morgan fingerprint density at radius 2 is 0.682 bits per heavy atom. The lowest BCUT2D eigenvalue weighted by atomic mass is 10.0. The molecular formula is C18H38O4. The molecule has 0 aromatic rings. The van der Waals surface area contributed by atoms with Gasteiger partial charge in [-0.2, -0.15) is 0 Å². The summed E-state index contributed by atoms with van der Waals surface area (Å²) in [7, 11) is 0. The summed E-state index contributed by atoms with van der Waals surface area (Å²) in [5.41, 5.74) is 0. The van der Waals surface area contributed by atoms with Crippen molar-refractivity contribution in [3.05, 3.63) is 0 Å². The number of unbranched alkanes of at least 4 members (excludes halogenated alkanes) is 3. The predicted octanol–water partition coefficient (Wildman–Crippen LogP) is 3.15. The molecule has 134 valence electrons. The van der Waals surface area contributed by atoms with E-state index in [9.17, 15) is 10.2 Å². The number of aliphatic hydroxyl groups excluding tert-OH is 4. The van der Waals surface area contributed by atoms with Gasteiger partial charge in [0.2, 0.25) is 0 Å². The zero-order valence-electron chi connectivity index (χ0n) is 14.6. The van der Waals surface area contributed by atoms with Gasteiger partial charge in [-0.25, -0.2) is 0 Å². The summed E-state index contributed by atoms with van der Waals surface area (Å²) in [6, 6.07) is 0. The van der Waals surface area contributed by atoms with Gasteiger partial charge in [-0.3, -0.25) is 0 Å². The number of hydrogen-bond acceptors (Lipinski definition) is 4. The molecular weight excluding hydrogens is 280 g/mol. The molecule has 4 N–H and O–H groups in total. The summed E-state index contributed by atoms with van der Waals surface area (Å²) < 4.78 is 0. The SMILES string of the molecule is C[C@H](O)CCCC[C@H](O)CCCC[C@H](O)CCCC[C@H](C)O. The molecule has 0 unspecified atom stereocenters. The minimum atomic E-state index is -0.239. The standard InChI is InChI=1S/C18H38O4/c1-15(19)9-3-5-11-17(21)13-7-8-14-18(22)12-6-4-10-16(2)20/h15-22H,3-14H2,1-2H3/t15-,16-,17-,18+/m0/s1. The van der Waals surface area contributed by atoms with E-state index >= 15 is 0 Å². The van der Waals surface area contributed by atoms with Crippen LogP contribution in [0, 0.1) is 0 Å². The molecule has 0 saturated carbocycles. The van der Waals surface area contributed by atoms with Crippen molar-refractivity contribution in [3.63, 3.8) is 0 Å². The van der Waals surface area contributed by atoms with E-state index in [0.717, 1.165) is 77.0 Å². The van der Waals surface area contributed by atoms with Crippen molar-refractivity contribution in [2.75, 3.05) is 0 Å². The lowest BCUT2D eigenvalue weighted by molar-refractivity contribution is 0.128. The Kier molecular flexibility index (Phi) is 14.3. The van der Waals surface area contributed by atoms with Gasteiger partial charge in [0.15, 0.2) is 0 Å². The van der Waals surface area contributed by atoms with Crippen LogP contribution in [0.1, 0.15) is 90.9 Å². The van der Waals surface area contributed by atoms with Crippen molar-refractivity contribution < 1.29 is 20.4 Å². The second kappa shape index (κ2) is 14.4. The smallest absolute Gasteiger partial charge is 0.0540 e. The molecule has 4 atom stereocenters. The van der Waals surface area contributed by atoms with E-state index in [0.29, 0.717) is 0 Å². The van der Waals surface area contributed by atoms with Crippen LogP contribution >= 0.6 is 0 Å². The summed E-state index contributed by atoms with van der Waals surface area (Å²) in [5.74, 6) is 0. The van der Waals surface area contributed by atoms with E-state index in [1.165, 1.54) is 0 Å². The van der Waals surface area contributed by atoms with E-state index in [1.54, 1.807) is 13.8 Å². The van der Waals surface area contributed by atoms with Crippen LogP contribution in [0.5, 0.6) is 0 Å². The predicted molar refractivity (Wildman–Crippen MR) is 90.8 cm³/mol. The van der Waals surface area contributed by atoms with Gasteiger partial charge in [-0.1, -0.05) is 38.5 Å². The Balaban J connectivity index is 3.35. The highest BCUT2D eigenvalue weighted by Gasteiger charge is 2.07. The van der Waals surface area contributed by atoms with Crippen LogP contribution in [0.4, 0.5) is 0 Å². The van der Waals surface area contributed by atoms with Gasteiger partial charge in [-0.05, 0) is 52.4 Å². The van der Waals surface area contributed by atoms with E-state index < -0.39 is 0 Å². The molecule has 0 bridgehead atoms. The third-order valence-corrected chi connectivity index (χ3v) is 4.14. The van der Waals surface area contributed by atoms with E-state index in [1.807, 2.05) is 0 Å². The summed E-state index contributed by atoms with van der Waals surface area (Å²) in [4.78, 5) is 0. The fourth-order valence-electron chi connectivity index (χ4n) is 2.69. The molecule has 0 rings (SSSR count). The highest BCUT2D eigenvalue weighted by molar-refractivity contribution is 4.61. The van der Waals surface area contributed by atoms with Gasteiger partial charge in [0.25, 0.3) is 0 Å². The minimum Gasteiger partial charge on any atom is -0.393 e. The average Bonchev–Trinajstić information content (AvgIpc) is 2.44. The molecule has 4 heteroatoms. The van der Waals surface area contributed by atoms with Crippen LogP contribution in [-0.2, 0) is 0 Å². The topological polar surface area (TPSA) is 80.9 Å². The first-order valence-corrected chi connectivity index (χ1v) is 9.14. The van der Waals surface area contributed by atoms with Crippen LogP contribution in [0.2, 0.25) is 0 Å². The molecule has 0 aliphatic heterocycles. The fourth-order valence-corrected chi connectivity index (χ4v) is 2.69. The molecule has 0 saturated heterocycles. The van der Waals surface area contributed by atoms with Crippen LogP contribution in [0.25, 0.3) is 0 Å². The molecule has 0 radical (unpaired) electrons. The maximum Gasteiger partial charge on any atom is 0.0540 e. The van der Waals surface area contributed by atoms with Gasteiger partial charge in [-0.15, -0.1) is 0 Å². The lowest BCUT2D eigenvalue weighted by Gasteiger charge is -2.13. The van der Waals surface area contributed by atoms with E-state index in [2.05, 4.69) is 0 Å². The maximum atomic E-state index is 9.86.